The Balaban J connectivity index is 1.97. The van der Waals surface area contributed by atoms with Crippen molar-refractivity contribution >= 4 is 0 Å². The number of ether oxygens (including phenoxy) is 1. The molecule has 1 aromatic heterocycles. The lowest BCUT2D eigenvalue weighted by Crippen LogP contribution is -2.15. The number of hydrogen-bond acceptors (Lipinski definition) is 4. The number of aromatic nitrogens is 2. The van der Waals surface area contributed by atoms with Gasteiger partial charge in [0.25, 0.3) is 0 Å². The average molecular weight is 261 g/mol. The van der Waals surface area contributed by atoms with Crippen molar-refractivity contribution in [3.63, 3.8) is 0 Å². The molecule has 4 nitrogen and oxygen atoms in total. The van der Waals surface area contributed by atoms with E-state index in [1.807, 2.05) is 6.07 Å². The van der Waals surface area contributed by atoms with Crippen LogP contribution < -0.4 is 10.1 Å². The minimum absolute atomic E-state index is 0.147. The van der Waals surface area contributed by atoms with E-state index in [4.69, 9.17) is 4.74 Å². The van der Waals surface area contributed by atoms with Crippen LogP contribution in [0.25, 0.3) is 0 Å². The Morgan fingerprint density at radius 3 is 2.68 bits per heavy atom. The van der Waals surface area contributed by atoms with Gasteiger partial charge in [-0.25, -0.2) is 4.39 Å². The van der Waals surface area contributed by atoms with Crippen molar-refractivity contribution < 1.29 is 9.13 Å². The third kappa shape index (κ3) is 3.99. The zero-order chi connectivity index (χ0) is 13.5. The number of benzene rings is 1. The highest BCUT2D eigenvalue weighted by molar-refractivity contribution is 5.28. The van der Waals surface area contributed by atoms with Crippen LogP contribution in [0.4, 0.5) is 4.39 Å². The molecule has 0 aliphatic carbocycles. The van der Waals surface area contributed by atoms with Crippen molar-refractivity contribution in [2.24, 2.45) is 0 Å². The van der Waals surface area contributed by atoms with Gasteiger partial charge in [-0.15, -0.1) is 5.10 Å². The Bertz CT molecular complexity index is 516. The highest BCUT2D eigenvalue weighted by atomic mass is 19.1. The van der Waals surface area contributed by atoms with Gasteiger partial charge >= 0.3 is 0 Å². The maximum absolute atomic E-state index is 13.4. The van der Waals surface area contributed by atoms with Gasteiger partial charge < -0.3 is 10.1 Å². The summed E-state index contributed by atoms with van der Waals surface area (Å²) in [6, 6.07) is 9.69. The molecule has 1 heterocycles. The van der Waals surface area contributed by atoms with Crippen molar-refractivity contribution in [3.05, 3.63) is 47.9 Å². The lowest BCUT2D eigenvalue weighted by molar-refractivity contribution is 0.420. The van der Waals surface area contributed by atoms with Gasteiger partial charge in [-0.2, -0.15) is 5.10 Å². The van der Waals surface area contributed by atoms with E-state index in [9.17, 15) is 4.39 Å². The molecule has 0 amide bonds. The highest BCUT2D eigenvalue weighted by Crippen LogP contribution is 2.21. The van der Waals surface area contributed by atoms with Gasteiger partial charge in [0.05, 0.1) is 5.69 Å². The Labute approximate surface area is 111 Å². The van der Waals surface area contributed by atoms with E-state index in [1.54, 1.807) is 24.3 Å². The molecule has 0 fully saturated rings. The summed E-state index contributed by atoms with van der Waals surface area (Å²) >= 11 is 0. The Morgan fingerprint density at radius 2 is 2.00 bits per heavy atom. The first-order valence-electron chi connectivity index (χ1n) is 6.25. The first-order valence-corrected chi connectivity index (χ1v) is 6.25. The van der Waals surface area contributed by atoms with Gasteiger partial charge in [0.2, 0.25) is 5.88 Å². The van der Waals surface area contributed by atoms with Crippen LogP contribution in [0.1, 0.15) is 19.0 Å². The quantitative estimate of drug-likeness (QED) is 0.812. The van der Waals surface area contributed by atoms with E-state index in [0.29, 0.717) is 6.54 Å². The lowest BCUT2D eigenvalue weighted by atomic mass is 10.3. The molecule has 0 saturated carbocycles. The second-order valence-electron chi connectivity index (χ2n) is 4.07. The second-order valence-corrected chi connectivity index (χ2v) is 4.07. The predicted molar refractivity (Wildman–Crippen MR) is 70.5 cm³/mol. The molecule has 0 spiro atoms. The lowest BCUT2D eigenvalue weighted by Gasteiger charge is -2.06. The summed E-state index contributed by atoms with van der Waals surface area (Å²) in [6.45, 7) is 3.71. The van der Waals surface area contributed by atoms with E-state index in [-0.39, 0.29) is 11.6 Å². The average Bonchev–Trinajstić information content (AvgIpc) is 2.44. The smallest absolute Gasteiger partial charge is 0.239 e. The van der Waals surface area contributed by atoms with Crippen LogP contribution in [-0.2, 0) is 6.54 Å². The highest BCUT2D eigenvalue weighted by Gasteiger charge is 2.04. The Kier molecular flexibility index (Phi) is 4.80. The maximum Gasteiger partial charge on any atom is 0.239 e. The summed E-state index contributed by atoms with van der Waals surface area (Å²) < 4.78 is 18.7. The fourth-order valence-electron chi connectivity index (χ4n) is 1.53. The summed E-state index contributed by atoms with van der Waals surface area (Å²) in [7, 11) is 0. The van der Waals surface area contributed by atoms with Crippen LogP contribution in [0.15, 0.2) is 36.4 Å². The summed E-state index contributed by atoms with van der Waals surface area (Å²) in [5, 5.41) is 11.2. The minimum Gasteiger partial charge on any atom is -0.434 e. The molecule has 2 aromatic rings. The number of halogens is 1. The number of rotatable bonds is 6. The van der Waals surface area contributed by atoms with Crippen molar-refractivity contribution in [1.29, 1.82) is 0 Å². The van der Waals surface area contributed by atoms with Crippen LogP contribution in [-0.4, -0.2) is 16.7 Å². The molecule has 5 heteroatoms. The predicted octanol–water partition coefficient (Wildman–Crippen LogP) is 2.91. The molecule has 1 aromatic carbocycles. The second kappa shape index (κ2) is 6.80. The van der Waals surface area contributed by atoms with Crippen LogP contribution >= 0.6 is 0 Å². The van der Waals surface area contributed by atoms with Gasteiger partial charge in [0.1, 0.15) is 0 Å². The van der Waals surface area contributed by atoms with E-state index in [0.717, 1.165) is 18.7 Å². The number of nitrogens with zero attached hydrogens (tertiary/aromatic N) is 2. The molecule has 1 N–H and O–H groups in total. The van der Waals surface area contributed by atoms with Gasteiger partial charge in [-0.05, 0) is 31.2 Å². The minimum atomic E-state index is -0.419. The molecule has 0 radical (unpaired) electrons. The first-order chi connectivity index (χ1) is 9.29. The summed E-state index contributed by atoms with van der Waals surface area (Å²) in [5.74, 6) is 0.0102. The molecule has 0 atom stereocenters. The van der Waals surface area contributed by atoms with E-state index < -0.39 is 5.82 Å². The van der Waals surface area contributed by atoms with Gasteiger partial charge in [0.15, 0.2) is 11.6 Å². The monoisotopic (exact) mass is 261 g/mol. The largest absolute Gasteiger partial charge is 0.434 e. The fourth-order valence-corrected chi connectivity index (χ4v) is 1.53. The molecular weight excluding hydrogens is 245 g/mol. The van der Waals surface area contributed by atoms with Crippen molar-refractivity contribution in [1.82, 2.24) is 15.5 Å². The number of nitrogens with one attached hydrogen (secondary N) is 1. The molecule has 0 aliphatic heterocycles. The zero-order valence-corrected chi connectivity index (χ0v) is 10.8. The molecule has 0 aliphatic rings. The SMILES string of the molecule is CCCNCc1ccc(Oc2ccccc2F)nn1. The maximum atomic E-state index is 13.4. The Morgan fingerprint density at radius 1 is 1.16 bits per heavy atom. The molecule has 100 valence electrons. The van der Waals surface area contributed by atoms with E-state index in [1.165, 1.54) is 6.07 Å². The topological polar surface area (TPSA) is 47.0 Å². The van der Waals surface area contributed by atoms with Crippen molar-refractivity contribution in [2.45, 2.75) is 19.9 Å². The standard InChI is InChI=1S/C14H16FN3O/c1-2-9-16-10-11-7-8-14(18-17-11)19-13-6-4-3-5-12(13)15/h3-8,16H,2,9-10H2,1H3. The normalized spacial score (nSPS) is 10.4. The molecule has 0 bridgehead atoms. The molecule has 2 rings (SSSR count). The van der Waals surface area contributed by atoms with Crippen molar-refractivity contribution in [2.75, 3.05) is 6.54 Å². The first kappa shape index (κ1) is 13.4. The molecule has 0 unspecified atom stereocenters. The third-order valence-corrected chi connectivity index (χ3v) is 2.48. The number of hydrogen-bond donors (Lipinski definition) is 1. The van der Waals surface area contributed by atoms with E-state index >= 15 is 0 Å². The fraction of sp³-hybridized carbons (Fsp3) is 0.286. The van der Waals surface area contributed by atoms with Crippen LogP contribution in [0.3, 0.4) is 0 Å². The van der Waals surface area contributed by atoms with Gasteiger partial charge in [0, 0.05) is 12.6 Å². The zero-order valence-electron chi connectivity index (χ0n) is 10.8. The van der Waals surface area contributed by atoms with Gasteiger partial charge in [-0.1, -0.05) is 19.1 Å². The number of para-hydroxylation sites is 1. The summed E-state index contributed by atoms with van der Waals surface area (Å²) in [6.07, 6.45) is 1.07. The molecule has 19 heavy (non-hydrogen) atoms. The molecular formula is C14H16FN3O. The van der Waals surface area contributed by atoms with Crippen LogP contribution in [0.2, 0.25) is 0 Å². The molecule has 0 saturated heterocycles. The summed E-state index contributed by atoms with van der Waals surface area (Å²) in [4.78, 5) is 0. The van der Waals surface area contributed by atoms with Crippen LogP contribution in [0, 0.1) is 5.82 Å². The summed E-state index contributed by atoms with van der Waals surface area (Å²) in [5.41, 5.74) is 0.828. The van der Waals surface area contributed by atoms with Crippen LogP contribution in [0.5, 0.6) is 11.6 Å². The van der Waals surface area contributed by atoms with Crippen molar-refractivity contribution in [3.8, 4) is 11.6 Å². The van der Waals surface area contributed by atoms with E-state index in [2.05, 4.69) is 22.4 Å². The third-order valence-electron chi connectivity index (χ3n) is 2.48. The van der Waals surface area contributed by atoms with Gasteiger partial charge in [-0.3, -0.25) is 0 Å². The Hall–Kier alpha value is -2.01.